The lowest BCUT2D eigenvalue weighted by Gasteiger charge is -2.10. The van der Waals surface area contributed by atoms with Gasteiger partial charge in [-0.1, -0.05) is 108 Å². The predicted molar refractivity (Wildman–Crippen MR) is 123 cm³/mol. The van der Waals surface area contributed by atoms with Crippen molar-refractivity contribution in [3.05, 3.63) is 95.5 Å². The monoisotopic (exact) mass is 414 g/mol. The summed E-state index contributed by atoms with van der Waals surface area (Å²) in [5.41, 5.74) is 5.22. The number of terminal acetylenes is 1. The molecule has 0 N–H and O–H groups in total. The van der Waals surface area contributed by atoms with Gasteiger partial charge < -0.3 is 4.57 Å². The number of hydrogen-bond acceptors (Lipinski definition) is 2. The lowest BCUT2D eigenvalue weighted by Crippen LogP contribution is -2.01. The maximum Gasteiger partial charge on any atom is 0.170 e. The summed E-state index contributed by atoms with van der Waals surface area (Å²) in [7, 11) is 0. The largest absolute Gasteiger partial charge is 0.307 e. The lowest BCUT2D eigenvalue weighted by molar-refractivity contribution is 0.745. The Balaban J connectivity index is 1.82. The fourth-order valence-electron chi connectivity index (χ4n) is 3.22. The van der Waals surface area contributed by atoms with Gasteiger partial charge >= 0.3 is 0 Å². The number of benzene rings is 3. The van der Waals surface area contributed by atoms with Crippen molar-refractivity contribution >= 4 is 23.4 Å². The summed E-state index contributed by atoms with van der Waals surface area (Å²) >= 11 is 8.00. The summed E-state index contributed by atoms with van der Waals surface area (Å²) in [6.07, 6.45) is 5.73. The number of hydrogen-bond donors (Lipinski definition) is 0. The molecular weight excluding hydrogens is 396 g/mol. The van der Waals surface area contributed by atoms with Gasteiger partial charge in [0, 0.05) is 21.9 Å². The third-order valence-corrected chi connectivity index (χ3v) is 5.98. The zero-order valence-corrected chi connectivity index (χ0v) is 17.3. The van der Waals surface area contributed by atoms with Crippen molar-refractivity contribution in [1.29, 1.82) is 0 Å². The number of nitrogens with zero attached hydrogens (tertiary/aromatic N) is 2. The van der Waals surface area contributed by atoms with Gasteiger partial charge in [-0.2, -0.15) is 0 Å². The maximum atomic E-state index is 6.35. The number of imidazole rings is 1. The first-order chi connectivity index (χ1) is 14.3. The molecule has 1 aromatic heterocycles. The Hall–Kier alpha value is -2.93. The minimum Gasteiger partial charge on any atom is -0.307 e. The third-order valence-electron chi connectivity index (χ3n) is 4.59. The van der Waals surface area contributed by atoms with Crippen LogP contribution in [0.3, 0.4) is 0 Å². The second kappa shape index (κ2) is 9.05. The van der Waals surface area contributed by atoms with Gasteiger partial charge in [-0.25, -0.2) is 4.98 Å². The van der Waals surface area contributed by atoms with E-state index in [0.29, 0.717) is 6.54 Å². The van der Waals surface area contributed by atoms with E-state index in [9.17, 15) is 0 Å². The molecule has 4 rings (SSSR count). The topological polar surface area (TPSA) is 17.8 Å². The number of rotatable bonds is 6. The molecule has 0 atom stereocenters. The molecule has 0 aliphatic carbocycles. The summed E-state index contributed by atoms with van der Waals surface area (Å²) in [6, 6.07) is 28.4. The summed E-state index contributed by atoms with van der Waals surface area (Å²) in [5, 5.41) is 1.65. The van der Waals surface area contributed by atoms with Crippen LogP contribution in [0.1, 0.15) is 5.56 Å². The molecule has 4 heteroatoms. The molecule has 0 fully saturated rings. The summed E-state index contributed by atoms with van der Waals surface area (Å²) in [6.45, 7) is 0.453. The van der Waals surface area contributed by atoms with E-state index in [1.54, 1.807) is 11.8 Å². The van der Waals surface area contributed by atoms with Crippen molar-refractivity contribution in [3.8, 4) is 34.9 Å². The van der Waals surface area contributed by atoms with Crippen LogP contribution in [-0.4, -0.2) is 9.55 Å². The smallest absolute Gasteiger partial charge is 0.170 e. The van der Waals surface area contributed by atoms with Crippen LogP contribution in [0.5, 0.6) is 0 Å². The maximum absolute atomic E-state index is 6.35. The Bertz CT molecular complexity index is 1140. The van der Waals surface area contributed by atoms with Gasteiger partial charge in [0.25, 0.3) is 0 Å². The fraction of sp³-hybridized carbons (Fsp3) is 0.0800. The van der Waals surface area contributed by atoms with Crippen molar-refractivity contribution in [1.82, 2.24) is 9.55 Å². The highest BCUT2D eigenvalue weighted by Gasteiger charge is 2.20. The average Bonchev–Trinajstić information content (AvgIpc) is 3.13. The quantitative estimate of drug-likeness (QED) is 0.255. The molecule has 0 amide bonds. The molecule has 29 heavy (non-hydrogen) atoms. The number of thioether (sulfide) groups is 1. The van der Waals surface area contributed by atoms with E-state index in [-0.39, 0.29) is 0 Å². The second-order valence-electron chi connectivity index (χ2n) is 6.49. The molecule has 142 valence electrons. The Morgan fingerprint density at radius 2 is 1.48 bits per heavy atom. The molecule has 0 saturated carbocycles. The van der Waals surface area contributed by atoms with Crippen molar-refractivity contribution in [3.63, 3.8) is 0 Å². The van der Waals surface area contributed by atoms with Crippen LogP contribution in [0, 0.1) is 12.3 Å². The SMILES string of the molecule is C#CCn1c(SCc2ccccc2Cl)nc(-c2ccccc2)c1-c1ccccc1. The van der Waals surface area contributed by atoms with Gasteiger partial charge in [0.05, 0.1) is 17.9 Å². The number of halogens is 1. The zero-order valence-electron chi connectivity index (χ0n) is 15.8. The Labute approximate surface area is 180 Å². The van der Waals surface area contributed by atoms with E-state index < -0.39 is 0 Å². The van der Waals surface area contributed by atoms with E-state index in [4.69, 9.17) is 23.0 Å². The van der Waals surface area contributed by atoms with Crippen molar-refractivity contribution in [2.75, 3.05) is 0 Å². The normalized spacial score (nSPS) is 10.6. The molecule has 2 nitrogen and oxygen atoms in total. The molecule has 1 heterocycles. The molecular formula is C25H19ClN2S. The third kappa shape index (κ3) is 4.24. The van der Waals surface area contributed by atoms with E-state index in [0.717, 1.165) is 44.0 Å². The Morgan fingerprint density at radius 1 is 0.862 bits per heavy atom. The van der Waals surface area contributed by atoms with Gasteiger partial charge in [0.1, 0.15) is 0 Å². The van der Waals surface area contributed by atoms with E-state index in [1.165, 1.54) is 0 Å². The average molecular weight is 415 g/mol. The molecule has 0 unspecified atom stereocenters. The van der Waals surface area contributed by atoms with Crippen LogP contribution < -0.4 is 0 Å². The molecule has 0 spiro atoms. The van der Waals surface area contributed by atoms with Crippen LogP contribution in [0.15, 0.2) is 90.1 Å². The molecule has 3 aromatic carbocycles. The highest BCUT2D eigenvalue weighted by molar-refractivity contribution is 7.98. The minimum atomic E-state index is 0.453. The van der Waals surface area contributed by atoms with Crippen molar-refractivity contribution < 1.29 is 0 Å². The van der Waals surface area contributed by atoms with Crippen LogP contribution in [0.25, 0.3) is 22.5 Å². The Kier molecular flexibility index (Phi) is 6.05. The standard InChI is InChI=1S/C25H19ClN2S/c1-2-17-28-24(20-13-7-4-8-14-20)23(19-11-5-3-6-12-19)27-25(28)29-18-21-15-9-10-16-22(21)26/h1,3-16H,17-18H2. The first-order valence-electron chi connectivity index (χ1n) is 9.29. The molecule has 0 radical (unpaired) electrons. The van der Waals surface area contributed by atoms with Crippen LogP contribution >= 0.6 is 23.4 Å². The number of aromatic nitrogens is 2. The second-order valence-corrected chi connectivity index (χ2v) is 7.84. The van der Waals surface area contributed by atoms with Crippen molar-refractivity contribution in [2.24, 2.45) is 0 Å². The Morgan fingerprint density at radius 3 is 2.14 bits per heavy atom. The molecule has 0 aliphatic heterocycles. The van der Waals surface area contributed by atoms with Crippen LogP contribution in [0.2, 0.25) is 5.02 Å². The summed E-state index contributed by atoms with van der Waals surface area (Å²) in [4.78, 5) is 5.01. The van der Waals surface area contributed by atoms with Crippen molar-refractivity contribution in [2.45, 2.75) is 17.5 Å². The fourth-order valence-corrected chi connectivity index (χ4v) is 4.51. The van der Waals surface area contributed by atoms with E-state index in [2.05, 4.69) is 34.8 Å². The van der Waals surface area contributed by atoms with E-state index in [1.807, 2.05) is 60.7 Å². The van der Waals surface area contributed by atoms with Crippen LogP contribution in [0.4, 0.5) is 0 Å². The van der Waals surface area contributed by atoms with Gasteiger partial charge in [0.15, 0.2) is 5.16 Å². The molecule has 0 bridgehead atoms. The first kappa shape index (κ1) is 19.4. The first-order valence-corrected chi connectivity index (χ1v) is 10.7. The minimum absolute atomic E-state index is 0.453. The highest BCUT2D eigenvalue weighted by Crippen LogP contribution is 2.37. The predicted octanol–water partition coefficient (Wildman–Crippen LogP) is 6.80. The molecule has 4 aromatic rings. The van der Waals surface area contributed by atoms with E-state index >= 15 is 0 Å². The molecule has 0 aliphatic rings. The van der Waals surface area contributed by atoms with Gasteiger partial charge in [-0.3, -0.25) is 0 Å². The summed E-state index contributed by atoms with van der Waals surface area (Å²) in [5.74, 6) is 3.52. The highest BCUT2D eigenvalue weighted by atomic mass is 35.5. The zero-order chi connectivity index (χ0) is 20.1. The summed E-state index contributed by atoms with van der Waals surface area (Å²) < 4.78 is 2.12. The van der Waals surface area contributed by atoms with Gasteiger partial charge in [-0.15, -0.1) is 6.42 Å². The van der Waals surface area contributed by atoms with Gasteiger partial charge in [0.2, 0.25) is 0 Å². The van der Waals surface area contributed by atoms with Gasteiger partial charge in [-0.05, 0) is 11.6 Å². The molecule has 0 saturated heterocycles. The lowest BCUT2D eigenvalue weighted by atomic mass is 10.0. The van der Waals surface area contributed by atoms with Crippen LogP contribution in [-0.2, 0) is 12.3 Å².